The van der Waals surface area contributed by atoms with Crippen LogP contribution in [0.4, 0.5) is 18.9 Å². The molecule has 0 spiro atoms. The number of para-hydroxylation sites is 1. The number of fused-ring (bicyclic) bond motifs is 1. The Kier molecular flexibility index (Phi) is 1.92. The molecule has 0 aromatic heterocycles. The number of hydroxylamine groups is 1. The molecule has 0 saturated carbocycles. The van der Waals surface area contributed by atoms with E-state index in [9.17, 15) is 18.4 Å². The minimum absolute atomic E-state index is 0.184. The first-order valence-corrected chi connectivity index (χ1v) is 4.13. The second kappa shape index (κ2) is 2.88. The van der Waals surface area contributed by atoms with Crippen LogP contribution in [0.2, 0.25) is 0 Å². The van der Waals surface area contributed by atoms with Crippen LogP contribution in [-0.2, 0) is 6.42 Å². The van der Waals surface area contributed by atoms with Gasteiger partial charge < -0.3 is 0 Å². The molecule has 1 unspecified atom stereocenters. The van der Waals surface area contributed by atoms with Gasteiger partial charge in [-0.2, -0.15) is 13.2 Å². The van der Waals surface area contributed by atoms with Crippen molar-refractivity contribution in [3.05, 3.63) is 29.8 Å². The molecule has 1 heterocycles. The van der Waals surface area contributed by atoms with Gasteiger partial charge in [-0.3, -0.25) is 5.21 Å². The van der Waals surface area contributed by atoms with Crippen molar-refractivity contribution in [2.24, 2.45) is 0 Å². The predicted octanol–water partition coefficient (Wildman–Crippen LogP) is 2.37. The van der Waals surface area contributed by atoms with Gasteiger partial charge in [-0.25, -0.2) is 5.06 Å². The Balaban J connectivity index is 2.35. The Hall–Kier alpha value is -1.23. The average molecular weight is 203 g/mol. The maximum Gasteiger partial charge on any atom is 0.411 e. The van der Waals surface area contributed by atoms with Crippen molar-refractivity contribution in [2.75, 3.05) is 5.06 Å². The molecule has 0 fully saturated rings. The second-order valence-corrected chi connectivity index (χ2v) is 3.23. The van der Waals surface area contributed by atoms with Gasteiger partial charge in [-0.05, 0) is 11.6 Å². The van der Waals surface area contributed by atoms with Crippen molar-refractivity contribution in [3.63, 3.8) is 0 Å². The van der Waals surface area contributed by atoms with Crippen molar-refractivity contribution in [3.8, 4) is 0 Å². The van der Waals surface area contributed by atoms with E-state index in [-0.39, 0.29) is 12.1 Å². The van der Waals surface area contributed by atoms with Gasteiger partial charge in [0.1, 0.15) is 0 Å². The summed E-state index contributed by atoms with van der Waals surface area (Å²) >= 11 is 0. The van der Waals surface area contributed by atoms with Crippen LogP contribution in [0.15, 0.2) is 24.3 Å². The van der Waals surface area contributed by atoms with Gasteiger partial charge in [-0.15, -0.1) is 0 Å². The number of nitrogens with zero attached hydrogens (tertiary/aromatic N) is 1. The molecule has 1 aromatic carbocycles. The summed E-state index contributed by atoms with van der Waals surface area (Å²) in [7, 11) is 0. The number of anilines is 1. The van der Waals surface area contributed by atoms with E-state index in [1.807, 2.05) is 0 Å². The van der Waals surface area contributed by atoms with E-state index >= 15 is 0 Å². The molecular formula is C9H8F3NO. The summed E-state index contributed by atoms with van der Waals surface area (Å²) < 4.78 is 37.1. The Morgan fingerprint density at radius 3 is 2.50 bits per heavy atom. The highest BCUT2D eigenvalue weighted by Gasteiger charge is 2.47. The Morgan fingerprint density at radius 1 is 1.29 bits per heavy atom. The number of benzene rings is 1. The fourth-order valence-electron chi connectivity index (χ4n) is 1.62. The molecule has 0 amide bonds. The monoisotopic (exact) mass is 203 g/mol. The molecule has 2 nitrogen and oxygen atoms in total. The summed E-state index contributed by atoms with van der Waals surface area (Å²) in [4.78, 5) is 0. The Bertz CT molecular complexity index is 350. The molecule has 1 N–H and O–H groups in total. The third-order valence-corrected chi connectivity index (χ3v) is 2.32. The van der Waals surface area contributed by atoms with Gasteiger partial charge in [0.25, 0.3) is 0 Å². The van der Waals surface area contributed by atoms with Crippen LogP contribution in [0.3, 0.4) is 0 Å². The molecule has 0 saturated heterocycles. The molecule has 14 heavy (non-hydrogen) atoms. The Morgan fingerprint density at radius 2 is 1.93 bits per heavy atom. The Labute approximate surface area is 78.5 Å². The minimum Gasteiger partial charge on any atom is -0.288 e. The zero-order valence-electron chi connectivity index (χ0n) is 7.12. The van der Waals surface area contributed by atoms with Crippen molar-refractivity contribution in [1.82, 2.24) is 0 Å². The highest BCUT2D eigenvalue weighted by atomic mass is 19.4. The van der Waals surface area contributed by atoms with E-state index in [4.69, 9.17) is 0 Å². The lowest BCUT2D eigenvalue weighted by Crippen LogP contribution is -2.41. The fourth-order valence-corrected chi connectivity index (χ4v) is 1.62. The molecular weight excluding hydrogens is 195 g/mol. The summed E-state index contributed by atoms with van der Waals surface area (Å²) in [6.45, 7) is 0. The van der Waals surface area contributed by atoms with E-state index in [0.717, 1.165) is 0 Å². The summed E-state index contributed by atoms with van der Waals surface area (Å²) in [6.07, 6.45) is -4.58. The van der Waals surface area contributed by atoms with E-state index < -0.39 is 12.2 Å². The van der Waals surface area contributed by atoms with Crippen LogP contribution < -0.4 is 5.06 Å². The molecule has 76 valence electrons. The van der Waals surface area contributed by atoms with E-state index in [2.05, 4.69) is 0 Å². The van der Waals surface area contributed by atoms with Crippen molar-refractivity contribution < 1.29 is 18.4 Å². The fraction of sp³-hybridized carbons (Fsp3) is 0.333. The topological polar surface area (TPSA) is 23.5 Å². The molecule has 5 heteroatoms. The van der Waals surface area contributed by atoms with E-state index in [1.54, 1.807) is 18.2 Å². The number of hydrogen-bond donors (Lipinski definition) is 1. The predicted molar refractivity (Wildman–Crippen MR) is 44.3 cm³/mol. The first-order chi connectivity index (χ1) is 6.50. The summed E-state index contributed by atoms with van der Waals surface area (Å²) in [5.74, 6) is 0. The molecule has 0 aliphatic carbocycles. The van der Waals surface area contributed by atoms with Crippen LogP contribution in [0.25, 0.3) is 0 Å². The van der Waals surface area contributed by atoms with Crippen molar-refractivity contribution in [2.45, 2.75) is 18.6 Å². The van der Waals surface area contributed by atoms with E-state index in [0.29, 0.717) is 10.6 Å². The highest BCUT2D eigenvalue weighted by molar-refractivity contribution is 5.57. The third-order valence-electron chi connectivity index (χ3n) is 2.32. The maximum atomic E-state index is 12.4. The second-order valence-electron chi connectivity index (χ2n) is 3.23. The van der Waals surface area contributed by atoms with E-state index in [1.165, 1.54) is 6.07 Å². The lowest BCUT2D eigenvalue weighted by molar-refractivity contribution is -0.158. The normalized spacial score (nSPS) is 21.1. The standard InChI is InChI=1S/C9H8F3NO/c10-9(11,12)8-5-6-3-1-2-4-7(6)13(8)14/h1-4,8,14H,5H2. The first-order valence-electron chi connectivity index (χ1n) is 4.13. The van der Waals surface area contributed by atoms with Crippen molar-refractivity contribution in [1.29, 1.82) is 0 Å². The number of hydrogen-bond acceptors (Lipinski definition) is 2. The van der Waals surface area contributed by atoms with Crippen LogP contribution in [0.5, 0.6) is 0 Å². The minimum atomic E-state index is -4.40. The van der Waals surface area contributed by atoms with Crippen molar-refractivity contribution >= 4 is 5.69 Å². The number of rotatable bonds is 0. The van der Waals surface area contributed by atoms with Gasteiger partial charge >= 0.3 is 6.18 Å². The molecule has 0 bridgehead atoms. The van der Waals surface area contributed by atoms with Gasteiger partial charge in [-0.1, -0.05) is 18.2 Å². The summed E-state index contributed by atoms with van der Waals surface area (Å²) in [5, 5.41) is 9.59. The van der Waals surface area contributed by atoms with Crippen LogP contribution in [0, 0.1) is 0 Å². The van der Waals surface area contributed by atoms with Gasteiger partial charge in [0.2, 0.25) is 0 Å². The largest absolute Gasteiger partial charge is 0.411 e. The van der Waals surface area contributed by atoms with Gasteiger partial charge in [0.05, 0.1) is 5.69 Å². The SMILES string of the molecule is ON1c2ccccc2CC1C(F)(F)F. The van der Waals surface area contributed by atoms with Crippen LogP contribution in [-0.4, -0.2) is 17.4 Å². The lowest BCUT2D eigenvalue weighted by atomic mass is 10.1. The zero-order valence-corrected chi connectivity index (χ0v) is 7.12. The summed E-state index contributed by atoms with van der Waals surface area (Å²) in [6, 6.07) is 4.51. The molecule has 1 aliphatic rings. The number of alkyl halides is 3. The average Bonchev–Trinajstić information content (AvgIpc) is 2.44. The molecule has 0 radical (unpaired) electrons. The number of halogens is 3. The highest BCUT2D eigenvalue weighted by Crippen LogP contribution is 2.37. The molecule has 1 aliphatic heterocycles. The lowest BCUT2D eigenvalue weighted by Gasteiger charge is -2.22. The maximum absolute atomic E-state index is 12.4. The zero-order chi connectivity index (χ0) is 10.3. The third kappa shape index (κ3) is 1.33. The first kappa shape index (κ1) is 9.33. The van der Waals surface area contributed by atoms with Gasteiger partial charge in [0, 0.05) is 6.42 Å². The smallest absolute Gasteiger partial charge is 0.288 e. The molecule has 2 rings (SSSR count). The van der Waals surface area contributed by atoms with Gasteiger partial charge in [0.15, 0.2) is 6.04 Å². The molecule has 1 atom stereocenters. The molecule has 1 aromatic rings. The summed E-state index contributed by atoms with van der Waals surface area (Å²) in [5.41, 5.74) is 0.771. The quantitative estimate of drug-likeness (QED) is 0.699. The van der Waals surface area contributed by atoms with Crippen LogP contribution >= 0.6 is 0 Å². The van der Waals surface area contributed by atoms with Crippen LogP contribution in [0.1, 0.15) is 5.56 Å².